The van der Waals surface area contributed by atoms with Crippen LogP contribution in [0.2, 0.25) is 0 Å². The van der Waals surface area contributed by atoms with Gasteiger partial charge in [-0.1, -0.05) is 37.9 Å². The van der Waals surface area contributed by atoms with Crippen molar-refractivity contribution in [2.24, 2.45) is 0 Å². The summed E-state index contributed by atoms with van der Waals surface area (Å²) in [6.45, 7) is 0. The highest BCUT2D eigenvalue weighted by Crippen LogP contribution is 2.27. The molecule has 0 radical (unpaired) electrons. The highest BCUT2D eigenvalue weighted by molar-refractivity contribution is 9.10. The second kappa shape index (κ2) is 6.29. The van der Waals surface area contributed by atoms with Crippen LogP contribution in [0.15, 0.2) is 61.2 Å². The molecule has 0 spiro atoms. The lowest BCUT2D eigenvalue weighted by Gasteiger charge is -2.08. The Bertz CT molecular complexity index is 800. The van der Waals surface area contributed by atoms with E-state index < -0.39 is 15.8 Å². The lowest BCUT2D eigenvalue weighted by atomic mass is 10.2. The molecule has 0 fully saturated rings. The topological polar surface area (TPSA) is 60.4 Å². The quantitative estimate of drug-likeness (QED) is 0.690. The van der Waals surface area contributed by atoms with Crippen LogP contribution in [-0.4, -0.2) is 21.5 Å². The predicted octanol–water partition coefficient (Wildman–Crippen LogP) is 3.83. The van der Waals surface area contributed by atoms with E-state index in [2.05, 4.69) is 36.6 Å². The highest BCUT2D eigenvalue weighted by Gasteiger charge is 2.20. The van der Waals surface area contributed by atoms with Gasteiger partial charge < -0.3 is 4.74 Å². The molecule has 0 heterocycles. The number of benzene rings is 2. The number of carbonyl (C=O) groups is 1. The zero-order chi connectivity index (χ0) is 15.6. The monoisotopic (exact) mass is 432 g/mol. The molecule has 21 heavy (non-hydrogen) atoms. The number of halogens is 2. The zero-order valence-corrected chi connectivity index (χ0v) is 14.8. The van der Waals surface area contributed by atoms with Crippen molar-refractivity contribution < 1.29 is 17.9 Å². The molecule has 7 heteroatoms. The van der Waals surface area contributed by atoms with E-state index in [4.69, 9.17) is 0 Å². The second-order valence-electron chi connectivity index (χ2n) is 4.13. The Hall–Kier alpha value is -1.18. The fourth-order valence-electron chi connectivity index (χ4n) is 1.72. The van der Waals surface area contributed by atoms with Gasteiger partial charge in [-0.2, -0.15) is 0 Å². The van der Waals surface area contributed by atoms with Crippen LogP contribution in [-0.2, 0) is 14.6 Å². The number of methoxy groups -OCH3 is 1. The number of ether oxygens (including phenoxy) is 1. The molecule has 0 aliphatic carbocycles. The summed E-state index contributed by atoms with van der Waals surface area (Å²) in [5.41, 5.74) is 0.167. The fraction of sp³-hybridized carbons (Fsp3) is 0.0714. The van der Waals surface area contributed by atoms with E-state index in [0.29, 0.717) is 8.95 Å². The SMILES string of the molecule is COC(=O)c1cc(Br)cc(S(=O)(=O)c2cccc(Br)c2)c1. The third-order valence-corrected chi connectivity index (χ3v) is 5.39. The summed E-state index contributed by atoms with van der Waals surface area (Å²) in [5.74, 6) is -0.595. The van der Waals surface area contributed by atoms with Crippen molar-refractivity contribution in [2.75, 3.05) is 7.11 Å². The molecule has 0 unspecified atom stereocenters. The average molecular weight is 434 g/mol. The number of hydrogen-bond donors (Lipinski definition) is 0. The highest BCUT2D eigenvalue weighted by atomic mass is 79.9. The van der Waals surface area contributed by atoms with Gasteiger partial charge in [-0.3, -0.25) is 0 Å². The van der Waals surface area contributed by atoms with E-state index in [1.165, 1.54) is 37.4 Å². The van der Waals surface area contributed by atoms with Gasteiger partial charge in [0.1, 0.15) is 0 Å². The number of carbonyl (C=O) groups excluding carboxylic acids is 1. The van der Waals surface area contributed by atoms with E-state index in [9.17, 15) is 13.2 Å². The Labute approximate surface area is 139 Å². The first-order valence-electron chi connectivity index (χ1n) is 5.74. The summed E-state index contributed by atoms with van der Waals surface area (Å²) in [7, 11) is -2.47. The number of rotatable bonds is 3. The molecule has 0 aliphatic rings. The van der Waals surface area contributed by atoms with Crippen molar-refractivity contribution in [2.45, 2.75) is 9.79 Å². The molecule has 2 rings (SSSR count). The Morgan fingerprint density at radius 2 is 1.67 bits per heavy atom. The van der Waals surface area contributed by atoms with Gasteiger partial charge in [0, 0.05) is 8.95 Å². The van der Waals surface area contributed by atoms with E-state index >= 15 is 0 Å². The van der Waals surface area contributed by atoms with Crippen molar-refractivity contribution in [1.29, 1.82) is 0 Å². The largest absolute Gasteiger partial charge is 0.465 e. The Balaban J connectivity index is 2.60. The van der Waals surface area contributed by atoms with Crippen LogP contribution in [0.3, 0.4) is 0 Å². The standard InChI is InChI=1S/C14H10Br2O4S/c1-20-14(17)9-5-11(16)8-13(6-9)21(18,19)12-4-2-3-10(15)7-12/h2-8H,1H3. The smallest absolute Gasteiger partial charge is 0.337 e. The molecule has 0 saturated carbocycles. The molecule has 2 aromatic carbocycles. The summed E-state index contributed by atoms with van der Waals surface area (Å²) >= 11 is 6.45. The van der Waals surface area contributed by atoms with Gasteiger partial charge in [0.15, 0.2) is 0 Å². The molecular weight excluding hydrogens is 424 g/mol. The Morgan fingerprint density at radius 1 is 1.00 bits per heavy atom. The maximum absolute atomic E-state index is 12.6. The Kier molecular flexibility index (Phi) is 4.85. The first-order valence-corrected chi connectivity index (χ1v) is 8.81. The normalized spacial score (nSPS) is 11.2. The summed E-state index contributed by atoms with van der Waals surface area (Å²) in [6, 6.07) is 10.6. The minimum atomic E-state index is -3.72. The lowest BCUT2D eigenvalue weighted by Crippen LogP contribution is -2.06. The first kappa shape index (κ1) is 16.2. The van der Waals surface area contributed by atoms with Gasteiger partial charge >= 0.3 is 5.97 Å². The van der Waals surface area contributed by atoms with Crippen molar-refractivity contribution in [1.82, 2.24) is 0 Å². The molecule has 0 aliphatic heterocycles. The van der Waals surface area contributed by atoms with E-state index in [1.54, 1.807) is 12.1 Å². The molecule has 0 atom stereocenters. The Morgan fingerprint density at radius 3 is 2.29 bits per heavy atom. The van der Waals surface area contributed by atoms with Crippen LogP contribution < -0.4 is 0 Å². The molecular formula is C14H10Br2O4S. The number of sulfone groups is 1. The maximum atomic E-state index is 12.6. The number of esters is 1. The van der Waals surface area contributed by atoms with Crippen LogP contribution in [0.1, 0.15) is 10.4 Å². The molecule has 0 bridgehead atoms. The molecule has 0 N–H and O–H groups in total. The minimum Gasteiger partial charge on any atom is -0.465 e. The van der Waals surface area contributed by atoms with Gasteiger partial charge in [-0.15, -0.1) is 0 Å². The minimum absolute atomic E-state index is 0.0235. The van der Waals surface area contributed by atoms with E-state index in [0.717, 1.165) is 0 Å². The van der Waals surface area contributed by atoms with Gasteiger partial charge in [0.2, 0.25) is 9.84 Å². The van der Waals surface area contributed by atoms with Crippen LogP contribution in [0.4, 0.5) is 0 Å². The average Bonchev–Trinajstić information content (AvgIpc) is 2.45. The zero-order valence-electron chi connectivity index (χ0n) is 10.8. The molecule has 0 aromatic heterocycles. The maximum Gasteiger partial charge on any atom is 0.337 e. The van der Waals surface area contributed by atoms with E-state index in [1.807, 2.05) is 0 Å². The second-order valence-corrected chi connectivity index (χ2v) is 7.91. The molecule has 110 valence electrons. The van der Waals surface area contributed by atoms with Crippen molar-refractivity contribution in [3.05, 3.63) is 57.0 Å². The van der Waals surface area contributed by atoms with Gasteiger partial charge in [0.05, 0.1) is 22.5 Å². The third kappa shape index (κ3) is 3.53. The van der Waals surface area contributed by atoms with Gasteiger partial charge in [-0.05, 0) is 36.4 Å². The van der Waals surface area contributed by atoms with Gasteiger partial charge in [0.25, 0.3) is 0 Å². The predicted molar refractivity (Wildman–Crippen MR) is 85.1 cm³/mol. The van der Waals surface area contributed by atoms with E-state index in [-0.39, 0.29) is 15.4 Å². The molecule has 2 aromatic rings. The fourth-order valence-corrected chi connectivity index (χ4v) is 4.30. The summed E-state index contributed by atoms with van der Waals surface area (Å²) in [5, 5.41) is 0. The first-order chi connectivity index (χ1) is 9.84. The molecule has 0 amide bonds. The van der Waals surface area contributed by atoms with Crippen molar-refractivity contribution in [3.63, 3.8) is 0 Å². The number of hydrogen-bond acceptors (Lipinski definition) is 4. The van der Waals surface area contributed by atoms with Crippen LogP contribution >= 0.6 is 31.9 Å². The lowest BCUT2D eigenvalue weighted by molar-refractivity contribution is 0.0600. The van der Waals surface area contributed by atoms with Crippen molar-refractivity contribution >= 4 is 47.7 Å². The van der Waals surface area contributed by atoms with Crippen LogP contribution in [0.5, 0.6) is 0 Å². The van der Waals surface area contributed by atoms with Crippen LogP contribution in [0.25, 0.3) is 0 Å². The summed E-state index contributed by atoms with van der Waals surface area (Å²) in [4.78, 5) is 11.8. The summed E-state index contributed by atoms with van der Waals surface area (Å²) in [6.07, 6.45) is 0. The summed E-state index contributed by atoms with van der Waals surface area (Å²) < 4.78 is 31.0. The van der Waals surface area contributed by atoms with Crippen LogP contribution in [0, 0.1) is 0 Å². The van der Waals surface area contributed by atoms with Crippen molar-refractivity contribution in [3.8, 4) is 0 Å². The third-order valence-electron chi connectivity index (χ3n) is 2.71. The van der Waals surface area contributed by atoms with Gasteiger partial charge in [-0.25, -0.2) is 13.2 Å². The molecule has 0 saturated heterocycles. The molecule has 4 nitrogen and oxygen atoms in total.